The minimum Gasteiger partial charge on any atom is -0.465 e. The average Bonchev–Trinajstić information content (AvgIpc) is 1.87. The monoisotopic (exact) mass is 175 g/mol. The van der Waals surface area contributed by atoms with E-state index in [0.717, 1.165) is 0 Å². The van der Waals surface area contributed by atoms with E-state index in [1.54, 1.807) is 0 Å². The van der Waals surface area contributed by atoms with Crippen molar-refractivity contribution in [3.05, 3.63) is 0 Å². The van der Waals surface area contributed by atoms with E-state index >= 15 is 0 Å². The average molecular weight is 175 g/mol. The van der Waals surface area contributed by atoms with Crippen molar-refractivity contribution >= 4 is 23.2 Å². The van der Waals surface area contributed by atoms with Gasteiger partial charge in [0.05, 0.1) is 0 Å². The summed E-state index contributed by atoms with van der Waals surface area (Å²) in [5.74, 6) is 0. The summed E-state index contributed by atoms with van der Waals surface area (Å²) >= 11 is 5.01. The van der Waals surface area contributed by atoms with E-state index < -0.39 is 6.09 Å². The first-order chi connectivity index (χ1) is 5.13. The Kier molecular flexibility index (Phi) is 5.74. The third-order valence-electron chi connectivity index (χ3n) is 1.41. The quantitative estimate of drug-likeness (QED) is 0.553. The summed E-state index contributed by atoms with van der Waals surface area (Å²) < 4.78 is 0. The fraction of sp³-hybridized carbons (Fsp3) is 0.714. The van der Waals surface area contributed by atoms with Gasteiger partial charge < -0.3 is 10.8 Å². The molecule has 0 aromatic heterocycles. The number of hydrogen-bond acceptors (Lipinski definition) is 2. The van der Waals surface area contributed by atoms with E-state index in [1.807, 2.05) is 0 Å². The summed E-state index contributed by atoms with van der Waals surface area (Å²) in [5, 5.41) is 7.19. The topological polar surface area (TPSA) is 63.3 Å². The van der Waals surface area contributed by atoms with Gasteiger partial charge in [-0.2, -0.15) is 0 Å². The van der Waals surface area contributed by atoms with Crippen LogP contribution in [0.3, 0.4) is 0 Å². The van der Waals surface area contributed by atoms with Crippen LogP contribution >= 0.6 is 12.2 Å². The number of carbonyl (C=O) groups is 1. The highest BCUT2D eigenvalue weighted by atomic mass is 32.1. The second-order valence-corrected chi connectivity index (χ2v) is 3.01. The number of carboxylic acid groups (broad SMARTS) is 1. The highest BCUT2D eigenvalue weighted by Crippen LogP contribution is 2.13. The summed E-state index contributed by atoms with van der Waals surface area (Å²) in [7, 11) is 0. The first kappa shape index (κ1) is 10.4. The lowest BCUT2D eigenvalue weighted by Gasteiger charge is -2.08. The molecule has 0 heterocycles. The molecule has 1 aliphatic carbocycles. The Labute approximate surface area is 71.6 Å². The fourth-order valence-electron chi connectivity index (χ4n) is 0.946. The molecule has 11 heavy (non-hydrogen) atoms. The molecule has 0 saturated heterocycles. The van der Waals surface area contributed by atoms with Gasteiger partial charge in [-0.1, -0.05) is 18.6 Å². The van der Waals surface area contributed by atoms with Gasteiger partial charge in [0.15, 0.2) is 0 Å². The van der Waals surface area contributed by atoms with Crippen LogP contribution in [0.2, 0.25) is 0 Å². The zero-order chi connectivity index (χ0) is 8.69. The van der Waals surface area contributed by atoms with E-state index in [-0.39, 0.29) is 0 Å². The lowest BCUT2D eigenvalue weighted by molar-refractivity contribution is 0.205. The predicted molar refractivity (Wildman–Crippen MR) is 47.9 cm³/mol. The lowest BCUT2D eigenvalue weighted by atomic mass is 10.0. The van der Waals surface area contributed by atoms with Crippen molar-refractivity contribution in [3.8, 4) is 0 Å². The molecule has 0 spiro atoms. The van der Waals surface area contributed by atoms with Crippen LogP contribution in [0.1, 0.15) is 32.1 Å². The van der Waals surface area contributed by atoms with Gasteiger partial charge in [-0.15, -0.1) is 0 Å². The normalized spacial score (nSPS) is 16.5. The van der Waals surface area contributed by atoms with Crippen LogP contribution in [0, 0.1) is 0 Å². The molecule has 0 unspecified atom stereocenters. The number of amides is 1. The Morgan fingerprint density at radius 1 is 1.36 bits per heavy atom. The molecule has 1 rings (SSSR count). The molecule has 0 aromatic rings. The summed E-state index contributed by atoms with van der Waals surface area (Å²) in [6.45, 7) is 0. The van der Waals surface area contributed by atoms with Gasteiger partial charge in [-0.25, -0.2) is 4.79 Å². The molecule has 0 aliphatic heterocycles. The van der Waals surface area contributed by atoms with E-state index in [0.29, 0.717) is 0 Å². The summed E-state index contributed by atoms with van der Waals surface area (Å²) in [5.41, 5.74) is 4.03. The number of thiocarbonyl (C=S) groups is 1. The van der Waals surface area contributed by atoms with E-state index in [1.165, 1.54) is 37.0 Å². The van der Waals surface area contributed by atoms with Crippen LogP contribution in [0.25, 0.3) is 0 Å². The molecule has 1 aliphatic rings. The maximum atomic E-state index is 8.78. The van der Waals surface area contributed by atoms with Crippen LogP contribution in [-0.2, 0) is 0 Å². The fourth-order valence-corrected chi connectivity index (χ4v) is 1.23. The van der Waals surface area contributed by atoms with E-state index in [2.05, 4.69) is 5.73 Å². The van der Waals surface area contributed by atoms with Gasteiger partial charge >= 0.3 is 6.09 Å². The van der Waals surface area contributed by atoms with Gasteiger partial charge in [-0.3, -0.25) is 0 Å². The Morgan fingerprint density at radius 3 is 1.91 bits per heavy atom. The number of rotatable bonds is 0. The third kappa shape index (κ3) is 9.36. The van der Waals surface area contributed by atoms with Gasteiger partial charge in [0, 0.05) is 0 Å². The highest BCUT2D eigenvalue weighted by molar-refractivity contribution is 7.80. The Bertz CT molecular complexity index is 135. The molecular formula is C7H13NO2S. The number of hydrogen-bond donors (Lipinski definition) is 2. The summed E-state index contributed by atoms with van der Waals surface area (Å²) in [6, 6.07) is 0. The first-order valence-corrected chi connectivity index (χ1v) is 4.04. The maximum Gasteiger partial charge on any atom is 0.402 e. The minimum atomic E-state index is -1.33. The summed E-state index contributed by atoms with van der Waals surface area (Å²) in [6.07, 6.45) is 5.20. The van der Waals surface area contributed by atoms with Crippen molar-refractivity contribution in [1.82, 2.24) is 0 Å². The molecule has 3 N–H and O–H groups in total. The van der Waals surface area contributed by atoms with Gasteiger partial charge in [0.25, 0.3) is 0 Å². The predicted octanol–water partition coefficient (Wildman–Crippen LogP) is 1.94. The SMILES string of the molecule is NC(=O)O.S=C1CCCCC1. The molecule has 0 bridgehead atoms. The Balaban J connectivity index is 0.000000218. The van der Waals surface area contributed by atoms with Crippen LogP contribution in [0.4, 0.5) is 4.79 Å². The molecule has 0 aromatic carbocycles. The molecule has 1 amide bonds. The lowest BCUT2D eigenvalue weighted by Crippen LogP contribution is -2.03. The van der Waals surface area contributed by atoms with Crippen LogP contribution < -0.4 is 5.73 Å². The van der Waals surface area contributed by atoms with Crippen molar-refractivity contribution in [1.29, 1.82) is 0 Å². The van der Waals surface area contributed by atoms with Crippen LogP contribution in [-0.4, -0.2) is 16.1 Å². The number of nitrogens with two attached hydrogens (primary N) is 1. The second kappa shape index (κ2) is 6.09. The molecule has 64 valence electrons. The molecule has 1 fully saturated rings. The molecular weight excluding hydrogens is 162 g/mol. The Hall–Kier alpha value is -0.640. The van der Waals surface area contributed by atoms with Crippen LogP contribution in [0.15, 0.2) is 0 Å². The third-order valence-corrected chi connectivity index (χ3v) is 1.82. The zero-order valence-corrected chi connectivity index (χ0v) is 7.19. The molecule has 0 atom stereocenters. The number of primary amides is 1. The summed E-state index contributed by atoms with van der Waals surface area (Å²) in [4.78, 5) is 10.1. The smallest absolute Gasteiger partial charge is 0.402 e. The Morgan fingerprint density at radius 2 is 1.73 bits per heavy atom. The largest absolute Gasteiger partial charge is 0.465 e. The van der Waals surface area contributed by atoms with Crippen LogP contribution in [0.5, 0.6) is 0 Å². The first-order valence-electron chi connectivity index (χ1n) is 3.63. The maximum absolute atomic E-state index is 8.78. The van der Waals surface area contributed by atoms with Crippen molar-refractivity contribution in [2.45, 2.75) is 32.1 Å². The van der Waals surface area contributed by atoms with Gasteiger partial charge in [0.2, 0.25) is 0 Å². The van der Waals surface area contributed by atoms with Gasteiger partial charge in [0.1, 0.15) is 0 Å². The molecule has 0 radical (unpaired) electrons. The van der Waals surface area contributed by atoms with E-state index in [4.69, 9.17) is 22.1 Å². The van der Waals surface area contributed by atoms with Gasteiger partial charge in [-0.05, 0) is 30.5 Å². The standard InChI is InChI=1S/C6H10S.CH3NO2/c7-6-4-2-1-3-5-6;2-1(3)4/h1-5H2;2H2,(H,3,4). The molecule has 1 saturated carbocycles. The molecule has 4 heteroatoms. The second-order valence-electron chi connectivity index (χ2n) is 2.44. The molecule has 3 nitrogen and oxygen atoms in total. The highest BCUT2D eigenvalue weighted by Gasteiger charge is 2.02. The minimum absolute atomic E-state index is 1.22. The van der Waals surface area contributed by atoms with Crippen molar-refractivity contribution in [2.24, 2.45) is 5.73 Å². The zero-order valence-electron chi connectivity index (χ0n) is 6.38. The van der Waals surface area contributed by atoms with Crippen molar-refractivity contribution in [3.63, 3.8) is 0 Å². The van der Waals surface area contributed by atoms with E-state index in [9.17, 15) is 0 Å². The van der Waals surface area contributed by atoms with Crippen molar-refractivity contribution in [2.75, 3.05) is 0 Å². The van der Waals surface area contributed by atoms with Crippen molar-refractivity contribution < 1.29 is 9.90 Å².